The minimum Gasteiger partial charge on any atom is -0.461 e. The van der Waals surface area contributed by atoms with E-state index in [1.54, 1.807) is 31.2 Å². The maximum atomic E-state index is 11.8. The Hall–Kier alpha value is -2.90. The van der Waals surface area contributed by atoms with Gasteiger partial charge < -0.3 is 4.74 Å². The van der Waals surface area contributed by atoms with Crippen molar-refractivity contribution in [1.29, 1.82) is 0 Å². The van der Waals surface area contributed by atoms with Crippen LogP contribution in [0.15, 0.2) is 30.3 Å². The highest BCUT2D eigenvalue weighted by Crippen LogP contribution is 2.21. The fourth-order valence-corrected chi connectivity index (χ4v) is 1.88. The lowest BCUT2D eigenvalue weighted by molar-refractivity contribution is -0.517. The summed E-state index contributed by atoms with van der Waals surface area (Å²) in [4.78, 5) is 26.5. The Morgan fingerprint density at radius 2 is 2.00 bits per heavy atom. The summed E-state index contributed by atoms with van der Waals surface area (Å²) in [6, 6.07) is 7.19. The molecule has 0 bridgehead atoms. The molecule has 1 aromatic heterocycles. The van der Waals surface area contributed by atoms with E-state index in [2.05, 4.69) is 15.2 Å². The number of aromatic nitrogens is 3. The van der Waals surface area contributed by atoms with Crippen LogP contribution in [-0.4, -0.2) is 32.7 Å². The summed E-state index contributed by atoms with van der Waals surface area (Å²) < 4.78 is 4.75. The van der Waals surface area contributed by atoms with Gasteiger partial charge in [-0.1, -0.05) is 30.3 Å². The SMILES string of the molecule is CCOC(=O)C(c1nc(-c2ccccc2)nnc1C)[N+](=O)[O-]. The molecule has 0 aliphatic rings. The van der Waals surface area contributed by atoms with Crippen molar-refractivity contribution in [2.24, 2.45) is 0 Å². The van der Waals surface area contributed by atoms with Crippen molar-refractivity contribution >= 4 is 5.97 Å². The molecule has 1 heterocycles. The molecule has 22 heavy (non-hydrogen) atoms. The summed E-state index contributed by atoms with van der Waals surface area (Å²) in [7, 11) is 0. The molecule has 2 rings (SSSR count). The summed E-state index contributed by atoms with van der Waals surface area (Å²) in [6.45, 7) is 3.14. The van der Waals surface area contributed by atoms with Crippen molar-refractivity contribution in [2.45, 2.75) is 19.9 Å². The second-order valence-electron chi connectivity index (χ2n) is 4.41. The Labute approximate surface area is 126 Å². The number of carbonyl (C=O) groups excluding carboxylic acids is 1. The normalized spacial score (nSPS) is 11.7. The van der Waals surface area contributed by atoms with Gasteiger partial charge in [-0.2, -0.15) is 5.10 Å². The van der Waals surface area contributed by atoms with E-state index in [1.165, 1.54) is 6.92 Å². The third kappa shape index (κ3) is 3.22. The highest BCUT2D eigenvalue weighted by atomic mass is 16.6. The number of benzene rings is 1. The number of nitrogens with zero attached hydrogens (tertiary/aromatic N) is 4. The highest BCUT2D eigenvalue weighted by Gasteiger charge is 2.37. The molecule has 0 aliphatic carbocycles. The van der Waals surface area contributed by atoms with Crippen LogP contribution < -0.4 is 0 Å². The summed E-state index contributed by atoms with van der Waals surface area (Å²) in [5, 5.41) is 19.0. The summed E-state index contributed by atoms with van der Waals surface area (Å²) in [5.74, 6) is -0.743. The van der Waals surface area contributed by atoms with Crippen molar-refractivity contribution in [3.63, 3.8) is 0 Å². The lowest BCUT2D eigenvalue weighted by atomic mass is 10.1. The van der Waals surface area contributed by atoms with Crippen LogP contribution in [-0.2, 0) is 9.53 Å². The average Bonchev–Trinajstić information content (AvgIpc) is 2.50. The second kappa shape index (κ2) is 6.70. The van der Waals surface area contributed by atoms with Gasteiger partial charge in [0.1, 0.15) is 0 Å². The molecule has 8 nitrogen and oxygen atoms in total. The van der Waals surface area contributed by atoms with Gasteiger partial charge in [-0.15, -0.1) is 5.10 Å². The Balaban J connectivity index is 2.49. The quantitative estimate of drug-likeness (QED) is 0.470. The number of carbonyl (C=O) groups is 1. The van der Waals surface area contributed by atoms with Gasteiger partial charge in [-0.25, -0.2) is 9.78 Å². The smallest absolute Gasteiger partial charge is 0.388 e. The number of hydrogen-bond donors (Lipinski definition) is 0. The largest absolute Gasteiger partial charge is 0.461 e. The van der Waals surface area contributed by atoms with Crippen LogP contribution in [0.1, 0.15) is 24.4 Å². The van der Waals surface area contributed by atoms with E-state index in [9.17, 15) is 14.9 Å². The molecule has 0 spiro atoms. The number of nitro groups is 1. The molecule has 1 atom stereocenters. The standard InChI is InChI=1S/C14H14N4O4/c1-3-22-14(19)12(18(20)21)11-9(2)16-17-13(15-11)10-7-5-4-6-8-10/h4-8,12H,3H2,1-2H3. The van der Waals surface area contributed by atoms with Gasteiger partial charge >= 0.3 is 12.0 Å². The predicted molar refractivity (Wildman–Crippen MR) is 76.4 cm³/mol. The predicted octanol–water partition coefficient (Wildman–Crippen LogP) is 1.73. The number of ether oxygens (including phenoxy) is 1. The van der Waals surface area contributed by atoms with E-state index in [0.717, 1.165) is 0 Å². The van der Waals surface area contributed by atoms with Gasteiger partial charge in [0.15, 0.2) is 11.5 Å². The molecule has 0 saturated carbocycles. The molecule has 2 aromatic rings. The lowest BCUT2D eigenvalue weighted by Crippen LogP contribution is -2.26. The zero-order valence-electron chi connectivity index (χ0n) is 12.1. The molecule has 0 radical (unpaired) electrons. The topological polar surface area (TPSA) is 108 Å². The van der Waals surface area contributed by atoms with Gasteiger partial charge in [0.25, 0.3) is 0 Å². The van der Waals surface area contributed by atoms with E-state index < -0.39 is 16.9 Å². The van der Waals surface area contributed by atoms with Gasteiger partial charge in [-0.3, -0.25) is 10.1 Å². The number of aryl methyl sites for hydroxylation is 1. The van der Waals surface area contributed by atoms with E-state index >= 15 is 0 Å². The van der Waals surface area contributed by atoms with Crippen LogP contribution in [0.25, 0.3) is 11.4 Å². The summed E-state index contributed by atoms with van der Waals surface area (Å²) in [5.41, 5.74) is 0.814. The van der Waals surface area contributed by atoms with Crippen LogP contribution in [0.3, 0.4) is 0 Å². The Morgan fingerprint density at radius 3 is 2.59 bits per heavy atom. The van der Waals surface area contributed by atoms with E-state index in [0.29, 0.717) is 5.56 Å². The number of hydrogen-bond acceptors (Lipinski definition) is 7. The van der Waals surface area contributed by atoms with Gasteiger partial charge in [0.2, 0.25) is 0 Å². The first-order valence-corrected chi connectivity index (χ1v) is 6.61. The first kappa shape index (κ1) is 15.5. The van der Waals surface area contributed by atoms with Crippen LogP contribution in [0.4, 0.5) is 0 Å². The second-order valence-corrected chi connectivity index (χ2v) is 4.41. The van der Waals surface area contributed by atoms with Crippen molar-refractivity contribution < 1.29 is 14.5 Å². The molecular weight excluding hydrogens is 288 g/mol. The number of rotatable bonds is 5. The maximum absolute atomic E-state index is 11.8. The van der Waals surface area contributed by atoms with Crippen LogP contribution in [0, 0.1) is 17.0 Å². The monoisotopic (exact) mass is 302 g/mol. The molecule has 114 valence electrons. The van der Waals surface area contributed by atoms with Gasteiger partial charge in [0.05, 0.1) is 12.3 Å². The highest BCUT2D eigenvalue weighted by molar-refractivity contribution is 5.76. The molecule has 0 N–H and O–H groups in total. The molecular formula is C14H14N4O4. The molecule has 0 fully saturated rings. The molecule has 0 aliphatic heterocycles. The first-order chi connectivity index (χ1) is 10.5. The Kier molecular flexibility index (Phi) is 4.72. The van der Waals surface area contributed by atoms with E-state index in [-0.39, 0.29) is 23.8 Å². The third-order valence-corrected chi connectivity index (χ3v) is 2.90. The fourth-order valence-electron chi connectivity index (χ4n) is 1.88. The zero-order chi connectivity index (χ0) is 16.1. The maximum Gasteiger partial charge on any atom is 0.388 e. The first-order valence-electron chi connectivity index (χ1n) is 6.61. The van der Waals surface area contributed by atoms with Crippen molar-refractivity contribution in [1.82, 2.24) is 15.2 Å². The molecule has 1 unspecified atom stereocenters. The molecule has 1 aromatic carbocycles. The van der Waals surface area contributed by atoms with Crippen molar-refractivity contribution in [2.75, 3.05) is 6.61 Å². The minimum atomic E-state index is -1.71. The molecule has 0 saturated heterocycles. The Morgan fingerprint density at radius 1 is 1.32 bits per heavy atom. The van der Waals surface area contributed by atoms with E-state index in [1.807, 2.05) is 6.07 Å². The van der Waals surface area contributed by atoms with Crippen molar-refractivity contribution in [3.05, 3.63) is 51.8 Å². The van der Waals surface area contributed by atoms with Crippen LogP contribution >= 0.6 is 0 Å². The van der Waals surface area contributed by atoms with Crippen LogP contribution in [0.2, 0.25) is 0 Å². The van der Waals surface area contributed by atoms with E-state index in [4.69, 9.17) is 4.74 Å². The van der Waals surface area contributed by atoms with Crippen molar-refractivity contribution in [3.8, 4) is 11.4 Å². The van der Waals surface area contributed by atoms with Crippen LogP contribution in [0.5, 0.6) is 0 Å². The summed E-state index contributed by atoms with van der Waals surface area (Å²) in [6.07, 6.45) is 0. The van der Waals surface area contributed by atoms with Gasteiger partial charge in [-0.05, 0) is 13.8 Å². The zero-order valence-corrected chi connectivity index (χ0v) is 12.1. The Bertz CT molecular complexity index is 690. The fraction of sp³-hybridized carbons (Fsp3) is 0.286. The number of esters is 1. The lowest BCUT2D eigenvalue weighted by Gasteiger charge is -2.10. The third-order valence-electron chi connectivity index (χ3n) is 2.90. The summed E-state index contributed by atoms with van der Waals surface area (Å²) >= 11 is 0. The average molecular weight is 302 g/mol. The minimum absolute atomic E-state index is 0.0479. The molecule has 8 heteroatoms. The molecule has 0 amide bonds. The van der Waals surface area contributed by atoms with Gasteiger partial charge in [0, 0.05) is 10.5 Å².